The lowest BCUT2D eigenvalue weighted by Crippen LogP contribution is -2.44. The maximum absolute atomic E-state index is 12.7. The molecule has 1 aromatic heterocycles. The lowest BCUT2D eigenvalue weighted by atomic mass is 10.2. The first-order valence-corrected chi connectivity index (χ1v) is 10.6. The molecule has 28 heavy (non-hydrogen) atoms. The molecule has 1 fully saturated rings. The zero-order chi connectivity index (χ0) is 19.9. The fourth-order valence-electron chi connectivity index (χ4n) is 2.86. The summed E-state index contributed by atoms with van der Waals surface area (Å²) in [5.41, 5.74) is -0.837. The fourth-order valence-corrected chi connectivity index (χ4v) is 3.63. The van der Waals surface area contributed by atoms with E-state index >= 15 is 0 Å². The van der Waals surface area contributed by atoms with Crippen LogP contribution < -0.4 is 15.5 Å². The van der Waals surface area contributed by atoms with Crippen molar-refractivity contribution >= 4 is 59.1 Å². The van der Waals surface area contributed by atoms with E-state index in [0.717, 1.165) is 49.8 Å². The predicted molar refractivity (Wildman–Crippen MR) is 122 cm³/mol. The van der Waals surface area contributed by atoms with Crippen molar-refractivity contribution in [2.75, 3.05) is 43.6 Å². The van der Waals surface area contributed by atoms with Gasteiger partial charge in [0.05, 0.1) is 10.6 Å². The summed E-state index contributed by atoms with van der Waals surface area (Å²) in [5.74, 6) is 2.26. The SMILES string of the molecule is CN=C(NCCCCSC)NC1CCN(c2ncc(C(F)(F)F)cc2Cl)C1.I. The van der Waals surface area contributed by atoms with Gasteiger partial charge >= 0.3 is 6.18 Å². The number of unbranched alkanes of at least 4 members (excludes halogenated alkanes) is 1. The van der Waals surface area contributed by atoms with Gasteiger partial charge in [-0.3, -0.25) is 4.99 Å². The second kappa shape index (κ2) is 12.2. The van der Waals surface area contributed by atoms with Crippen LogP contribution in [0.4, 0.5) is 19.0 Å². The average Bonchev–Trinajstić information content (AvgIpc) is 3.07. The van der Waals surface area contributed by atoms with Gasteiger partial charge in [0.1, 0.15) is 5.82 Å². The number of nitrogens with zero attached hydrogens (tertiary/aromatic N) is 3. The summed E-state index contributed by atoms with van der Waals surface area (Å²) in [5, 5.41) is 6.66. The van der Waals surface area contributed by atoms with Crippen molar-refractivity contribution in [3.8, 4) is 0 Å². The van der Waals surface area contributed by atoms with E-state index in [1.807, 2.05) is 16.7 Å². The van der Waals surface area contributed by atoms with Crippen molar-refractivity contribution in [1.82, 2.24) is 15.6 Å². The van der Waals surface area contributed by atoms with Crippen molar-refractivity contribution in [3.05, 3.63) is 22.8 Å². The number of rotatable bonds is 7. The van der Waals surface area contributed by atoms with Gasteiger partial charge in [-0.15, -0.1) is 24.0 Å². The molecular formula is C17H26ClF3IN5S. The van der Waals surface area contributed by atoms with Gasteiger partial charge < -0.3 is 15.5 Å². The summed E-state index contributed by atoms with van der Waals surface area (Å²) < 4.78 is 38.2. The van der Waals surface area contributed by atoms with Crippen LogP contribution in [-0.2, 0) is 6.18 Å². The summed E-state index contributed by atoms with van der Waals surface area (Å²) in [6.45, 7) is 2.12. The lowest BCUT2D eigenvalue weighted by Gasteiger charge is -2.21. The van der Waals surface area contributed by atoms with Crippen LogP contribution in [0.25, 0.3) is 0 Å². The van der Waals surface area contributed by atoms with Crippen LogP contribution in [-0.4, -0.2) is 55.7 Å². The molecule has 1 aromatic rings. The first kappa shape index (κ1) is 25.4. The Morgan fingerprint density at radius 2 is 2.18 bits per heavy atom. The number of halogens is 5. The molecule has 0 aromatic carbocycles. The summed E-state index contributed by atoms with van der Waals surface area (Å²) in [6, 6.07) is 1.06. The molecule has 11 heteroatoms. The van der Waals surface area contributed by atoms with Crippen LogP contribution in [0.5, 0.6) is 0 Å². The minimum Gasteiger partial charge on any atom is -0.356 e. The molecule has 1 aliphatic rings. The summed E-state index contributed by atoms with van der Waals surface area (Å²) in [6.07, 6.45) is 1.53. The van der Waals surface area contributed by atoms with Gasteiger partial charge in [-0.2, -0.15) is 24.9 Å². The highest BCUT2D eigenvalue weighted by atomic mass is 127. The van der Waals surface area contributed by atoms with Crippen LogP contribution in [0.3, 0.4) is 0 Å². The number of hydrogen-bond donors (Lipinski definition) is 2. The van der Waals surface area contributed by atoms with Crippen LogP contribution in [0.2, 0.25) is 5.02 Å². The van der Waals surface area contributed by atoms with E-state index in [1.54, 1.807) is 7.05 Å². The predicted octanol–water partition coefficient (Wildman–Crippen LogP) is 4.26. The minimum absolute atomic E-state index is 0. The molecule has 2 rings (SSSR count). The summed E-state index contributed by atoms with van der Waals surface area (Å²) >= 11 is 7.88. The third-order valence-electron chi connectivity index (χ3n) is 4.27. The number of thioether (sulfide) groups is 1. The molecule has 0 amide bonds. The van der Waals surface area contributed by atoms with E-state index in [0.29, 0.717) is 18.9 Å². The van der Waals surface area contributed by atoms with Gasteiger partial charge in [-0.25, -0.2) is 4.98 Å². The van der Waals surface area contributed by atoms with Crippen molar-refractivity contribution < 1.29 is 13.2 Å². The molecule has 1 saturated heterocycles. The second-order valence-electron chi connectivity index (χ2n) is 6.30. The Hall–Kier alpha value is -0.620. The lowest BCUT2D eigenvalue weighted by molar-refractivity contribution is -0.137. The van der Waals surface area contributed by atoms with Gasteiger partial charge in [-0.1, -0.05) is 11.6 Å². The summed E-state index contributed by atoms with van der Waals surface area (Å²) in [4.78, 5) is 10.1. The molecule has 0 spiro atoms. The Morgan fingerprint density at radius 3 is 2.79 bits per heavy atom. The highest BCUT2D eigenvalue weighted by molar-refractivity contribution is 14.0. The Labute approximate surface area is 190 Å². The molecule has 1 unspecified atom stereocenters. The van der Waals surface area contributed by atoms with Crippen molar-refractivity contribution in [3.63, 3.8) is 0 Å². The molecule has 0 bridgehead atoms. The molecular weight excluding hydrogens is 526 g/mol. The topological polar surface area (TPSA) is 52.6 Å². The van der Waals surface area contributed by atoms with Gasteiger partial charge in [0.2, 0.25) is 0 Å². The van der Waals surface area contributed by atoms with Crippen LogP contribution in [0, 0.1) is 0 Å². The van der Waals surface area contributed by atoms with E-state index in [2.05, 4.69) is 26.9 Å². The zero-order valence-electron chi connectivity index (χ0n) is 15.9. The first-order chi connectivity index (χ1) is 12.8. The van der Waals surface area contributed by atoms with E-state index in [9.17, 15) is 13.2 Å². The molecule has 160 valence electrons. The third kappa shape index (κ3) is 7.66. The normalized spacial score (nSPS) is 17.4. The molecule has 0 aliphatic carbocycles. The molecule has 1 aliphatic heterocycles. The monoisotopic (exact) mass is 551 g/mol. The fraction of sp³-hybridized carbons (Fsp3) is 0.647. The average molecular weight is 552 g/mol. The van der Waals surface area contributed by atoms with Crippen molar-refractivity contribution in [2.24, 2.45) is 4.99 Å². The number of anilines is 1. The van der Waals surface area contributed by atoms with Crippen LogP contribution in [0.1, 0.15) is 24.8 Å². The maximum Gasteiger partial charge on any atom is 0.417 e. The number of nitrogens with one attached hydrogen (secondary N) is 2. The third-order valence-corrected chi connectivity index (χ3v) is 5.24. The smallest absolute Gasteiger partial charge is 0.356 e. The zero-order valence-corrected chi connectivity index (χ0v) is 19.8. The van der Waals surface area contributed by atoms with Crippen molar-refractivity contribution in [1.29, 1.82) is 0 Å². The molecule has 2 heterocycles. The van der Waals surface area contributed by atoms with E-state index in [4.69, 9.17) is 11.6 Å². The molecule has 0 saturated carbocycles. The van der Waals surface area contributed by atoms with E-state index in [1.165, 1.54) is 0 Å². The Morgan fingerprint density at radius 1 is 1.43 bits per heavy atom. The standard InChI is InChI=1S/C17H25ClF3N5S.HI/c1-22-16(23-6-3-4-8-27-2)25-13-5-7-26(11-13)15-14(18)9-12(10-24-15)17(19,20)21;/h9-10,13H,3-8,11H2,1-2H3,(H2,22,23,25);1H. The Bertz CT molecular complexity index is 648. The minimum atomic E-state index is -4.45. The number of guanidine groups is 1. The number of pyridine rings is 1. The Kier molecular flexibility index (Phi) is 11.0. The highest BCUT2D eigenvalue weighted by Gasteiger charge is 2.33. The number of aliphatic imine (C=N–C) groups is 1. The van der Waals surface area contributed by atoms with Gasteiger partial charge in [-0.05, 0) is 37.3 Å². The largest absolute Gasteiger partial charge is 0.417 e. The van der Waals surface area contributed by atoms with Crippen LogP contribution >= 0.6 is 47.3 Å². The highest BCUT2D eigenvalue weighted by Crippen LogP contribution is 2.34. The molecule has 2 N–H and O–H groups in total. The number of aromatic nitrogens is 1. The van der Waals surface area contributed by atoms with Crippen LogP contribution in [0.15, 0.2) is 17.3 Å². The molecule has 0 radical (unpaired) electrons. The van der Waals surface area contributed by atoms with E-state index in [-0.39, 0.29) is 35.0 Å². The van der Waals surface area contributed by atoms with E-state index < -0.39 is 11.7 Å². The van der Waals surface area contributed by atoms with Gasteiger partial charge in [0.15, 0.2) is 5.96 Å². The Balaban J connectivity index is 0.00000392. The number of alkyl halides is 3. The quantitative estimate of drug-likeness (QED) is 0.230. The first-order valence-electron chi connectivity index (χ1n) is 8.79. The second-order valence-corrected chi connectivity index (χ2v) is 7.69. The van der Waals surface area contributed by atoms with Gasteiger partial charge in [0.25, 0.3) is 0 Å². The molecule has 5 nitrogen and oxygen atoms in total. The van der Waals surface area contributed by atoms with Gasteiger partial charge in [0, 0.05) is 38.9 Å². The summed E-state index contributed by atoms with van der Waals surface area (Å²) in [7, 11) is 1.72. The maximum atomic E-state index is 12.7. The molecule has 1 atom stereocenters. The number of hydrogen-bond acceptors (Lipinski definition) is 4. The van der Waals surface area contributed by atoms with Crippen molar-refractivity contribution in [2.45, 2.75) is 31.5 Å².